The maximum absolute atomic E-state index is 9.19. The lowest BCUT2D eigenvalue weighted by Gasteiger charge is -2.04. The zero-order valence-corrected chi connectivity index (χ0v) is 6.96. The van der Waals surface area contributed by atoms with E-state index in [1.807, 2.05) is 6.92 Å². The monoisotopic (exact) mass is 157 g/mol. The van der Waals surface area contributed by atoms with Gasteiger partial charge in [-0.15, -0.1) is 0 Å². The Labute approximate surface area is 67.1 Å². The second-order valence-electron chi connectivity index (χ2n) is 2.16. The average Bonchev–Trinajstić information content (AvgIpc) is 2.00. The van der Waals surface area contributed by atoms with Crippen molar-refractivity contribution in [3.8, 4) is 0 Å². The number of hydrogen-bond acceptors (Lipinski definition) is 3. The van der Waals surface area contributed by atoms with Crippen molar-refractivity contribution in [1.29, 1.82) is 0 Å². The van der Waals surface area contributed by atoms with Gasteiger partial charge in [0.15, 0.2) is 0 Å². The van der Waals surface area contributed by atoms with Gasteiger partial charge in [-0.1, -0.05) is 6.08 Å². The van der Waals surface area contributed by atoms with Gasteiger partial charge in [-0.3, -0.25) is 0 Å². The number of aliphatic hydroxyl groups is 2. The molecule has 0 aromatic heterocycles. The summed E-state index contributed by atoms with van der Waals surface area (Å²) in [5.41, 5.74) is 0.678. The molecule has 0 rings (SSSR count). The highest BCUT2D eigenvalue weighted by Crippen LogP contribution is 1.97. The summed E-state index contributed by atoms with van der Waals surface area (Å²) >= 11 is 0. The molecule has 0 aromatic carbocycles. The molecular weight excluding hydrogens is 142 g/mol. The van der Waals surface area contributed by atoms with Crippen molar-refractivity contribution in [1.82, 2.24) is 5.32 Å². The van der Waals surface area contributed by atoms with E-state index in [1.54, 1.807) is 19.1 Å². The fourth-order valence-corrected chi connectivity index (χ4v) is 0.617. The maximum atomic E-state index is 9.19. The molecule has 0 atom stereocenters. The first-order valence-corrected chi connectivity index (χ1v) is 3.59. The minimum atomic E-state index is 0.0699. The van der Waals surface area contributed by atoms with Gasteiger partial charge >= 0.3 is 0 Å². The summed E-state index contributed by atoms with van der Waals surface area (Å²) in [6.07, 6.45) is 3.35. The molecular formula is C8H15NO2. The Hall–Kier alpha value is -0.960. The first-order valence-electron chi connectivity index (χ1n) is 3.59. The Morgan fingerprint density at radius 2 is 2.18 bits per heavy atom. The van der Waals surface area contributed by atoms with E-state index in [1.165, 1.54) is 0 Å². The molecule has 0 radical (unpaired) electrons. The van der Waals surface area contributed by atoms with Crippen molar-refractivity contribution in [3.63, 3.8) is 0 Å². The molecule has 0 aromatic rings. The minimum absolute atomic E-state index is 0.0699. The fraction of sp³-hybridized carbons (Fsp3) is 0.500. The predicted octanol–water partition coefficient (Wildman–Crippen LogP) is 0.934. The Morgan fingerprint density at radius 1 is 1.55 bits per heavy atom. The van der Waals surface area contributed by atoms with Crippen molar-refractivity contribution < 1.29 is 10.2 Å². The zero-order valence-electron chi connectivity index (χ0n) is 6.96. The van der Waals surface area contributed by atoms with Crippen LogP contribution in [-0.4, -0.2) is 23.4 Å². The molecule has 0 saturated heterocycles. The van der Waals surface area contributed by atoms with E-state index in [0.717, 1.165) is 0 Å². The van der Waals surface area contributed by atoms with Gasteiger partial charge in [-0.2, -0.15) is 0 Å². The number of allylic oxidation sites excluding steroid dienone is 3. The Balaban J connectivity index is 3.94. The second kappa shape index (κ2) is 5.80. The molecule has 0 spiro atoms. The summed E-state index contributed by atoms with van der Waals surface area (Å²) in [6.45, 7) is 4.12. The van der Waals surface area contributed by atoms with Crippen LogP contribution in [0.5, 0.6) is 0 Å². The molecule has 0 bridgehead atoms. The normalized spacial score (nSPS) is 13.4. The molecule has 0 aliphatic carbocycles. The summed E-state index contributed by atoms with van der Waals surface area (Å²) in [5, 5.41) is 20.5. The molecule has 64 valence electrons. The minimum Gasteiger partial charge on any atom is -0.506 e. The molecule has 3 nitrogen and oxygen atoms in total. The van der Waals surface area contributed by atoms with Crippen molar-refractivity contribution >= 4 is 0 Å². The van der Waals surface area contributed by atoms with Crippen LogP contribution in [-0.2, 0) is 0 Å². The maximum Gasteiger partial charge on any atom is 0.133 e. The van der Waals surface area contributed by atoms with E-state index in [0.29, 0.717) is 12.2 Å². The van der Waals surface area contributed by atoms with Crippen LogP contribution in [0, 0.1) is 0 Å². The summed E-state index contributed by atoms with van der Waals surface area (Å²) in [5.74, 6) is 0.209. The molecule has 0 heterocycles. The number of rotatable bonds is 4. The lowest BCUT2D eigenvalue weighted by molar-refractivity contribution is 0.295. The van der Waals surface area contributed by atoms with Crippen molar-refractivity contribution in [2.45, 2.75) is 13.8 Å². The van der Waals surface area contributed by atoms with Crippen LogP contribution in [0.3, 0.4) is 0 Å². The topological polar surface area (TPSA) is 52.5 Å². The van der Waals surface area contributed by atoms with Crippen LogP contribution in [0.15, 0.2) is 23.6 Å². The summed E-state index contributed by atoms with van der Waals surface area (Å²) in [6, 6.07) is 0. The van der Waals surface area contributed by atoms with Gasteiger partial charge in [0.25, 0.3) is 0 Å². The number of aliphatic hydroxyl groups excluding tert-OH is 2. The molecule has 11 heavy (non-hydrogen) atoms. The van der Waals surface area contributed by atoms with Gasteiger partial charge in [0.1, 0.15) is 5.76 Å². The van der Waals surface area contributed by atoms with Crippen molar-refractivity contribution in [3.05, 3.63) is 23.6 Å². The van der Waals surface area contributed by atoms with Crippen LogP contribution in [0.25, 0.3) is 0 Å². The van der Waals surface area contributed by atoms with Crippen LogP contribution >= 0.6 is 0 Å². The molecule has 0 fully saturated rings. The van der Waals surface area contributed by atoms with Gasteiger partial charge in [-0.25, -0.2) is 0 Å². The van der Waals surface area contributed by atoms with Gasteiger partial charge in [0.2, 0.25) is 0 Å². The highest BCUT2D eigenvalue weighted by atomic mass is 16.3. The van der Waals surface area contributed by atoms with Gasteiger partial charge < -0.3 is 15.5 Å². The summed E-state index contributed by atoms with van der Waals surface area (Å²) in [7, 11) is 0. The summed E-state index contributed by atoms with van der Waals surface area (Å²) in [4.78, 5) is 0. The molecule has 0 amide bonds. The lowest BCUT2D eigenvalue weighted by Crippen LogP contribution is -2.17. The first kappa shape index (κ1) is 10.0. The van der Waals surface area contributed by atoms with Gasteiger partial charge in [-0.05, 0) is 19.9 Å². The molecule has 3 N–H and O–H groups in total. The fourth-order valence-electron chi connectivity index (χ4n) is 0.617. The van der Waals surface area contributed by atoms with Crippen molar-refractivity contribution in [2.75, 3.05) is 13.2 Å². The third-order valence-corrected chi connectivity index (χ3v) is 1.21. The largest absolute Gasteiger partial charge is 0.506 e. The molecule has 0 aliphatic heterocycles. The molecule has 0 saturated carbocycles. The lowest BCUT2D eigenvalue weighted by atomic mass is 10.3. The van der Waals surface area contributed by atoms with Crippen molar-refractivity contribution in [2.24, 2.45) is 0 Å². The highest BCUT2D eigenvalue weighted by molar-refractivity contribution is 5.15. The Morgan fingerprint density at radius 3 is 2.64 bits per heavy atom. The van der Waals surface area contributed by atoms with E-state index in [4.69, 9.17) is 5.11 Å². The van der Waals surface area contributed by atoms with Crippen LogP contribution < -0.4 is 5.32 Å². The van der Waals surface area contributed by atoms with Crippen LogP contribution in [0.4, 0.5) is 0 Å². The standard InChI is InChI=1S/C8H15NO2/c1-3-4-8(11)7(2)9-5-6-10/h3-4,9-11H,5-6H2,1-2H3/b4-3-,8-7-. The number of hydrogen-bond donors (Lipinski definition) is 3. The third-order valence-electron chi connectivity index (χ3n) is 1.21. The zero-order chi connectivity index (χ0) is 8.69. The smallest absolute Gasteiger partial charge is 0.133 e. The first-order chi connectivity index (χ1) is 5.22. The quantitative estimate of drug-likeness (QED) is 0.420. The average molecular weight is 157 g/mol. The third kappa shape index (κ3) is 4.44. The Kier molecular flexibility index (Phi) is 5.29. The van der Waals surface area contributed by atoms with E-state index in [2.05, 4.69) is 5.32 Å². The molecule has 3 heteroatoms. The second-order valence-corrected chi connectivity index (χ2v) is 2.16. The van der Waals surface area contributed by atoms with Crippen LogP contribution in [0.1, 0.15) is 13.8 Å². The van der Waals surface area contributed by atoms with E-state index < -0.39 is 0 Å². The van der Waals surface area contributed by atoms with Gasteiger partial charge in [0, 0.05) is 6.54 Å². The molecule has 0 aliphatic rings. The highest BCUT2D eigenvalue weighted by Gasteiger charge is 1.92. The summed E-state index contributed by atoms with van der Waals surface area (Å²) < 4.78 is 0. The Bertz CT molecular complexity index is 161. The van der Waals surface area contributed by atoms with Crippen LogP contribution in [0.2, 0.25) is 0 Å². The predicted molar refractivity (Wildman–Crippen MR) is 45.2 cm³/mol. The van der Waals surface area contributed by atoms with Gasteiger partial charge in [0.05, 0.1) is 12.3 Å². The SMILES string of the molecule is C/C=C\C(O)=C(/C)NCCO. The molecule has 0 unspecified atom stereocenters. The van der Waals surface area contributed by atoms with E-state index in [9.17, 15) is 5.11 Å². The van der Waals surface area contributed by atoms with E-state index in [-0.39, 0.29) is 12.4 Å². The van der Waals surface area contributed by atoms with E-state index >= 15 is 0 Å². The number of nitrogens with one attached hydrogen (secondary N) is 1.